The SMILES string of the molecule is CCOc1cccc(-n2cc(C(=O)N3CCN(c4cc(C(=O)OC)c5ccccc5c4)C[C@@H]3CO)nc2-c2ccc(C)cc2)c1. The van der Waals surface area contributed by atoms with E-state index in [0.717, 1.165) is 39.0 Å². The molecule has 6 rings (SSSR count). The largest absolute Gasteiger partial charge is 0.494 e. The number of imidazole rings is 1. The van der Waals surface area contributed by atoms with Gasteiger partial charge in [0.2, 0.25) is 0 Å². The van der Waals surface area contributed by atoms with Crippen molar-refractivity contribution < 1.29 is 24.2 Å². The van der Waals surface area contributed by atoms with Gasteiger partial charge in [-0.2, -0.15) is 0 Å². The van der Waals surface area contributed by atoms with E-state index in [1.54, 1.807) is 11.1 Å². The lowest BCUT2D eigenvalue weighted by Crippen LogP contribution is -2.56. The molecule has 1 saturated heterocycles. The molecule has 0 saturated carbocycles. The van der Waals surface area contributed by atoms with Crippen molar-refractivity contribution in [3.63, 3.8) is 0 Å². The van der Waals surface area contributed by atoms with Gasteiger partial charge < -0.3 is 24.4 Å². The zero-order chi connectivity index (χ0) is 31.5. The molecule has 1 N–H and O–H groups in total. The predicted molar refractivity (Wildman–Crippen MR) is 174 cm³/mol. The van der Waals surface area contributed by atoms with Gasteiger partial charge >= 0.3 is 5.97 Å². The Morgan fingerprint density at radius 2 is 1.76 bits per heavy atom. The first-order valence-corrected chi connectivity index (χ1v) is 15.1. The highest BCUT2D eigenvalue weighted by Gasteiger charge is 2.33. The van der Waals surface area contributed by atoms with Gasteiger partial charge in [0.25, 0.3) is 5.91 Å². The summed E-state index contributed by atoms with van der Waals surface area (Å²) in [4.78, 5) is 35.3. The molecule has 1 aliphatic rings. The van der Waals surface area contributed by atoms with E-state index >= 15 is 0 Å². The van der Waals surface area contributed by atoms with Crippen LogP contribution in [0.4, 0.5) is 5.69 Å². The van der Waals surface area contributed by atoms with Gasteiger partial charge in [0.15, 0.2) is 0 Å². The van der Waals surface area contributed by atoms with Gasteiger partial charge in [-0.1, -0.05) is 60.2 Å². The number of aliphatic hydroxyl groups is 1. The molecule has 45 heavy (non-hydrogen) atoms. The highest BCUT2D eigenvalue weighted by Crippen LogP contribution is 2.30. The summed E-state index contributed by atoms with van der Waals surface area (Å²) in [6, 6.07) is 26.8. The number of hydrogen-bond acceptors (Lipinski definition) is 7. The van der Waals surface area contributed by atoms with Gasteiger partial charge in [0, 0.05) is 43.1 Å². The highest BCUT2D eigenvalue weighted by atomic mass is 16.5. The van der Waals surface area contributed by atoms with Crippen LogP contribution in [0.15, 0.2) is 91.1 Å². The molecule has 4 aromatic carbocycles. The molecule has 1 fully saturated rings. The van der Waals surface area contributed by atoms with Crippen molar-refractivity contribution in [2.45, 2.75) is 19.9 Å². The highest BCUT2D eigenvalue weighted by molar-refractivity contribution is 6.06. The Kier molecular flexibility index (Phi) is 8.53. The molecular weight excluding hydrogens is 568 g/mol. The summed E-state index contributed by atoms with van der Waals surface area (Å²) in [5.74, 6) is 0.701. The number of anilines is 1. The monoisotopic (exact) mass is 604 g/mol. The minimum Gasteiger partial charge on any atom is -0.494 e. The maximum Gasteiger partial charge on any atom is 0.338 e. The quantitative estimate of drug-likeness (QED) is 0.233. The number of methoxy groups -OCH3 is 1. The van der Waals surface area contributed by atoms with E-state index in [1.807, 2.05) is 103 Å². The molecule has 0 aliphatic carbocycles. The van der Waals surface area contributed by atoms with Crippen LogP contribution in [0, 0.1) is 6.92 Å². The zero-order valence-electron chi connectivity index (χ0n) is 25.6. The number of aromatic nitrogens is 2. The number of carbonyl (C=O) groups is 2. The minimum atomic E-state index is -0.478. The molecule has 1 aromatic heterocycles. The summed E-state index contributed by atoms with van der Waals surface area (Å²) < 4.78 is 12.7. The molecule has 1 atom stereocenters. The zero-order valence-corrected chi connectivity index (χ0v) is 25.6. The molecule has 2 heterocycles. The predicted octanol–water partition coefficient (Wildman–Crippen LogP) is 5.51. The molecule has 9 heteroatoms. The fourth-order valence-electron chi connectivity index (χ4n) is 5.89. The van der Waals surface area contributed by atoms with Crippen LogP contribution in [0.2, 0.25) is 0 Å². The standard InChI is InChI=1S/C36H36N4O5/c1-4-45-30-10-7-9-27(19-30)40-22-33(37-34(40)25-14-12-24(2)13-15-25)35(42)39-17-16-38(21-29(39)23-41)28-18-26-8-5-6-11-31(26)32(20-28)36(43)44-3/h5-15,18-20,22,29,41H,4,16-17,21,23H2,1-3H3/t29-/m1/s1. The second-order valence-corrected chi connectivity index (χ2v) is 11.1. The topological polar surface area (TPSA) is 97.1 Å². The fourth-order valence-corrected chi connectivity index (χ4v) is 5.89. The fraction of sp³-hybridized carbons (Fsp3) is 0.250. The molecule has 9 nitrogen and oxygen atoms in total. The van der Waals surface area contributed by atoms with Crippen molar-refractivity contribution in [1.82, 2.24) is 14.5 Å². The number of piperazine rings is 1. The summed E-state index contributed by atoms with van der Waals surface area (Å²) in [6.07, 6.45) is 1.76. The van der Waals surface area contributed by atoms with Crippen molar-refractivity contribution in [3.05, 3.63) is 108 Å². The van der Waals surface area contributed by atoms with E-state index in [9.17, 15) is 14.7 Å². The van der Waals surface area contributed by atoms with Gasteiger partial charge in [0.1, 0.15) is 17.3 Å². The first-order valence-electron chi connectivity index (χ1n) is 15.1. The summed E-state index contributed by atoms with van der Waals surface area (Å²) in [5, 5.41) is 12.2. The average Bonchev–Trinajstić information content (AvgIpc) is 3.53. The van der Waals surface area contributed by atoms with Crippen LogP contribution in [0.5, 0.6) is 5.75 Å². The Labute approximate surface area is 262 Å². The lowest BCUT2D eigenvalue weighted by Gasteiger charge is -2.41. The molecule has 1 amide bonds. The first kappa shape index (κ1) is 29.9. The lowest BCUT2D eigenvalue weighted by molar-refractivity contribution is 0.0560. The Hall–Kier alpha value is -5.15. The number of rotatable bonds is 8. The summed E-state index contributed by atoms with van der Waals surface area (Å²) in [6.45, 7) is 5.57. The minimum absolute atomic E-state index is 0.221. The molecule has 0 radical (unpaired) electrons. The number of benzene rings is 4. The molecule has 230 valence electrons. The molecule has 0 bridgehead atoms. The van der Waals surface area contributed by atoms with E-state index < -0.39 is 12.0 Å². The van der Waals surface area contributed by atoms with E-state index in [-0.39, 0.29) is 18.2 Å². The van der Waals surface area contributed by atoms with Gasteiger partial charge in [0.05, 0.1) is 37.6 Å². The molecule has 1 aliphatic heterocycles. The number of aliphatic hydroxyl groups excluding tert-OH is 1. The lowest BCUT2D eigenvalue weighted by atomic mass is 10.0. The first-order chi connectivity index (χ1) is 21.9. The Morgan fingerprint density at radius 1 is 0.956 bits per heavy atom. The normalized spacial score (nSPS) is 14.9. The number of ether oxygens (including phenoxy) is 2. The van der Waals surface area contributed by atoms with Gasteiger partial charge in [-0.15, -0.1) is 0 Å². The van der Waals surface area contributed by atoms with Crippen molar-refractivity contribution in [2.75, 3.05) is 44.9 Å². The molecule has 0 spiro atoms. The summed E-state index contributed by atoms with van der Waals surface area (Å²) in [7, 11) is 1.37. The van der Waals surface area contributed by atoms with Crippen LogP contribution < -0.4 is 9.64 Å². The third-order valence-corrected chi connectivity index (χ3v) is 8.21. The molecule has 5 aromatic rings. The van der Waals surface area contributed by atoms with E-state index in [1.165, 1.54) is 7.11 Å². The van der Waals surface area contributed by atoms with Gasteiger partial charge in [-0.3, -0.25) is 9.36 Å². The van der Waals surface area contributed by atoms with Gasteiger partial charge in [-0.05, 0) is 48.9 Å². The third-order valence-electron chi connectivity index (χ3n) is 8.21. The smallest absolute Gasteiger partial charge is 0.338 e. The van der Waals surface area contributed by atoms with Crippen LogP contribution in [-0.4, -0.2) is 77.4 Å². The van der Waals surface area contributed by atoms with Crippen LogP contribution in [-0.2, 0) is 4.74 Å². The Morgan fingerprint density at radius 3 is 2.51 bits per heavy atom. The van der Waals surface area contributed by atoms with E-state index in [0.29, 0.717) is 37.6 Å². The maximum absolute atomic E-state index is 14.1. The third kappa shape index (κ3) is 5.99. The molecule has 0 unspecified atom stereocenters. The number of aryl methyl sites for hydroxylation is 1. The average molecular weight is 605 g/mol. The van der Waals surface area contributed by atoms with Crippen molar-refractivity contribution in [1.29, 1.82) is 0 Å². The van der Waals surface area contributed by atoms with E-state index in [2.05, 4.69) is 4.90 Å². The number of carbonyl (C=O) groups excluding carboxylic acids is 2. The van der Waals surface area contributed by atoms with E-state index in [4.69, 9.17) is 14.5 Å². The van der Waals surface area contributed by atoms with Crippen LogP contribution in [0.1, 0.15) is 33.3 Å². The second kappa shape index (κ2) is 12.8. The number of nitrogens with zero attached hydrogens (tertiary/aromatic N) is 4. The van der Waals surface area contributed by atoms with Crippen molar-refractivity contribution in [2.24, 2.45) is 0 Å². The number of fused-ring (bicyclic) bond motifs is 1. The van der Waals surface area contributed by atoms with Crippen LogP contribution in [0.25, 0.3) is 27.8 Å². The van der Waals surface area contributed by atoms with Crippen LogP contribution >= 0.6 is 0 Å². The Balaban J connectivity index is 1.31. The van der Waals surface area contributed by atoms with Crippen molar-refractivity contribution >= 4 is 28.3 Å². The van der Waals surface area contributed by atoms with Gasteiger partial charge in [-0.25, -0.2) is 9.78 Å². The molecular formula is C36H36N4O5. The number of amides is 1. The second-order valence-electron chi connectivity index (χ2n) is 11.1. The summed E-state index contributed by atoms with van der Waals surface area (Å²) in [5.41, 5.74) is 4.43. The summed E-state index contributed by atoms with van der Waals surface area (Å²) >= 11 is 0. The van der Waals surface area contributed by atoms with Crippen LogP contribution in [0.3, 0.4) is 0 Å². The Bertz CT molecular complexity index is 1850. The maximum atomic E-state index is 14.1. The number of esters is 1. The number of hydrogen-bond donors (Lipinski definition) is 1. The van der Waals surface area contributed by atoms with Crippen molar-refractivity contribution in [3.8, 4) is 22.8 Å².